The van der Waals surface area contributed by atoms with Gasteiger partial charge in [-0.15, -0.1) is 5.10 Å². The van der Waals surface area contributed by atoms with Crippen molar-refractivity contribution in [3.8, 4) is 17.2 Å². The second-order valence-corrected chi connectivity index (χ2v) is 7.17. The van der Waals surface area contributed by atoms with E-state index >= 15 is 0 Å². The number of nitrogens with one attached hydrogen (secondary N) is 1. The van der Waals surface area contributed by atoms with Gasteiger partial charge in [0.25, 0.3) is 5.91 Å². The van der Waals surface area contributed by atoms with Crippen LogP contribution >= 0.6 is 0 Å². The number of rotatable bonds is 6. The molecule has 0 spiro atoms. The van der Waals surface area contributed by atoms with Crippen molar-refractivity contribution >= 4 is 11.6 Å². The topological polar surface area (TPSA) is 95.1 Å². The Morgan fingerprint density at radius 3 is 2.61 bits per heavy atom. The first-order valence-corrected chi connectivity index (χ1v) is 9.84. The van der Waals surface area contributed by atoms with Crippen molar-refractivity contribution in [2.24, 2.45) is 0 Å². The predicted molar refractivity (Wildman–Crippen MR) is 116 cm³/mol. The second-order valence-electron chi connectivity index (χ2n) is 7.17. The van der Waals surface area contributed by atoms with Gasteiger partial charge in [0.1, 0.15) is 17.2 Å². The summed E-state index contributed by atoms with van der Waals surface area (Å²) in [6.45, 7) is 5.93. The minimum Gasteiger partial charge on any atom is -0.496 e. The molecule has 8 nitrogen and oxygen atoms in total. The van der Waals surface area contributed by atoms with Crippen molar-refractivity contribution in [3.05, 3.63) is 76.9 Å². The molecule has 4 rings (SSSR count). The van der Waals surface area contributed by atoms with E-state index in [1.807, 2.05) is 69.3 Å². The molecule has 158 valence electrons. The normalized spacial score (nSPS) is 10.8. The molecule has 0 atom stereocenters. The number of aromatic nitrogens is 4. The number of carbonyl (C=O) groups excluding carboxylic acids is 1. The predicted octanol–water partition coefficient (Wildman–Crippen LogP) is 4.17. The quantitative estimate of drug-likeness (QED) is 0.506. The third-order valence-corrected chi connectivity index (χ3v) is 5.12. The molecule has 1 amide bonds. The first-order chi connectivity index (χ1) is 15.0. The van der Waals surface area contributed by atoms with Crippen LogP contribution in [0.4, 0.5) is 5.69 Å². The monoisotopic (exact) mass is 417 g/mol. The first-order valence-electron chi connectivity index (χ1n) is 9.84. The molecule has 8 heteroatoms. The van der Waals surface area contributed by atoms with Crippen LogP contribution in [0, 0.1) is 20.8 Å². The summed E-state index contributed by atoms with van der Waals surface area (Å²) in [4.78, 5) is 17.3. The van der Waals surface area contributed by atoms with Crippen LogP contribution in [0.25, 0.3) is 11.5 Å². The molecule has 0 saturated carbocycles. The van der Waals surface area contributed by atoms with Crippen LogP contribution < -0.4 is 10.1 Å². The molecule has 0 radical (unpaired) electrons. The second kappa shape index (κ2) is 8.43. The van der Waals surface area contributed by atoms with E-state index in [9.17, 15) is 4.79 Å². The maximum atomic E-state index is 12.7. The Morgan fingerprint density at radius 2 is 1.84 bits per heavy atom. The van der Waals surface area contributed by atoms with E-state index in [0.29, 0.717) is 35.3 Å². The number of methoxy groups -OCH3 is 1. The Bertz CT molecular complexity index is 1240. The highest BCUT2D eigenvalue weighted by molar-refractivity contribution is 6.03. The van der Waals surface area contributed by atoms with Crippen molar-refractivity contribution in [3.63, 3.8) is 0 Å². The average Bonchev–Trinajstić information content (AvgIpc) is 3.32. The first kappa shape index (κ1) is 20.3. The van der Waals surface area contributed by atoms with Crippen molar-refractivity contribution in [1.29, 1.82) is 0 Å². The van der Waals surface area contributed by atoms with Gasteiger partial charge in [-0.2, -0.15) is 0 Å². The van der Waals surface area contributed by atoms with Crippen molar-refractivity contribution in [2.75, 3.05) is 12.4 Å². The van der Waals surface area contributed by atoms with Crippen LogP contribution in [0.2, 0.25) is 0 Å². The number of nitrogens with zero attached hydrogens (tertiary/aromatic N) is 4. The number of hydrogen-bond donors (Lipinski definition) is 1. The summed E-state index contributed by atoms with van der Waals surface area (Å²) in [5.74, 6) is 1.52. The molecule has 0 unspecified atom stereocenters. The summed E-state index contributed by atoms with van der Waals surface area (Å²) >= 11 is 0. The van der Waals surface area contributed by atoms with Crippen LogP contribution in [-0.2, 0) is 6.54 Å². The van der Waals surface area contributed by atoms with Gasteiger partial charge >= 0.3 is 0 Å². The fourth-order valence-electron chi connectivity index (χ4n) is 3.27. The Balaban J connectivity index is 1.56. The molecule has 2 aromatic carbocycles. The number of hydrogen-bond acceptors (Lipinski definition) is 6. The van der Waals surface area contributed by atoms with E-state index in [0.717, 1.165) is 16.8 Å². The number of ether oxygens (including phenoxy) is 1. The lowest BCUT2D eigenvalue weighted by molar-refractivity contribution is 0.102. The third-order valence-electron chi connectivity index (χ3n) is 5.12. The lowest BCUT2D eigenvalue weighted by atomic mass is 10.2. The third kappa shape index (κ3) is 4.05. The molecule has 4 aromatic rings. The van der Waals surface area contributed by atoms with Gasteiger partial charge in [0.05, 0.1) is 24.9 Å². The van der Waals surface area contributed by atoms with Crippen molar-refractivity contribution in [1.82, 2.24) is 20.0 Å². The summed E-state index contributed by atoms with van der Waals surface area (Å²) in [6.07, 6.45) is 0. The molecule has 0 aliphatic rings. The van der Waals surface area contributed by atoms with Crippen LogP contribution in [0.15, 0.2) is 52.9 Å². The SMILES string of the molecule is COc1ccccc1-c1nc(Cn2nnc(C(=O)Nc3ccccc3C)c2C)c(C)o1. The summed E-state index contributed by atoms with van der Waals surface area (Å²) in [5, 5.41) is 11.1. The highest BCUT2D eigenvalue weighted by atomic mass is 16.5. The van der Waals surface area contributed by atoms with Crippen LogP contribution in [-0.4, -0.2) is 33.0 Å². The number of benzene rings is 2. The summed E-state index contributed by atoms with van der Waals surface area (Å²) in [6, 6.07) is 15.1. The molecule has 31 heavy (non-hydrogen) atoms. The lowest BCUT2D eigenvalue weighted by Gasteiger charge is -2.07. The number of carbonyl (C=O) groups is 1. The number of anilines is 1. The van der Waals surface area contributed by atoms with Gasteiger partial charge in [0, 0.05) is 5.69 Å². The molecule has 1 N–H and O–H groups in total. The Hall–Kier alpha value is -3.94. The fraction of sp³-hybridized carbons (Fsp3) is 0.217. The van der Waals surface area contributed by atoms with Crippen molar-refractivity contribution < 1.29 is 13.9 Å². The number of para-hydroxylation sites is 2. The zero-order valence-electron chi connectivity index (χ0n) is 17.8. The van der Waals surface area contributed by atoms with E-state index in [1.54, 1.807) is 11.8 Å². The maximum Gasteiger partial charge on any atom is 0.278 e. The molecule has 0 saturated heterocycles. The van der Waals surface area contributed by atoms with E-state index in [1.165, 1.54) is 0 Å². The van der Waals surface area contributed by atoms with Gasteiger partial charge < -0.3 is 14.5 Å². The summed E-state index contributed by atoms with van der Waals surface area (Å²) in [7, 11) is 1.61. The molecular weight excluding hydrogens is 394 g/mol. The van der Waals surface area contributed by atoms with Gasteiger partial charge in [0.2, 0.25) is 5.89 Å². The highest BCUT2D eigenvalue weighted by Gasteiger charge is 2.20. The molecular formula is C23H23N5O3. The minimum atomic E-state index is -0.301. The Labute approximate surface area is 179 Å². The van der Waals surface area contributed by atoms with Gasteiger partial charge in [-0.1, -0.05) is 35.5 Å². The largest absolute Gasteiger partial charge is 0.496 e. The smallest absolute Gasteiger partial charge is 0.278 e. The highest BCUT2D eigenvalue weighted by Crippen LogP contribution is 2.30. The van der Waals surface area contributed by atoms with Gasteiger partial charge in [0.15, 0.2) is 5.69 Å². The molecule has 0 bridgehead atoms. The molecule has 2 heterocycles. The van der Waals surface area contributed by atoms with E-state index in [4.69, 9.17) is 9.15 Å². The van der Waals surface area contributed by atoms with Crippen LogP contribution in [0.5, 0.6) is 5.75 Å². The van der Waals surface area contributed by atoms with E-state index in [-0.39, 0.29) is 11.6 Å². The van der Waals surface area contributed by atoms with Gasteiger partial charge in [-0.25, -0.2) is 9.67 Å². The molecule has 2 aromatic heterocycles. The summed E-state index contributed by atoms with van der Waals surface area (Å²) in [5.41, 5.74) is 4.12. The molecule has 0 fully saturated rings. The zero-order chi connectivity index (χ0) is 22.0. The van der Waals surface area contributed by atoms with Crippen molar-refractivity contribution in [2.45, 2.75) is 27.3 Å². The maximum absolute atomic E-state index is 12.7. The van der Waals surface area contributed by atoms with Gasteiger partial charge in [-0.05, 0) is 44.5 Å². The average molecular weight is 417 g/mol. The van der Waals surface area contributed by atoms with E-state index < -0.39 is 0 Å². The van der Waals surface area contributed by atoms with Crippen LogP contribution in [0.1, 0.15) is 33.2 Å². The van der Waals surface area contributed by atoms with E-state index in [2.05, 4.69) is 20.6 Å². The standard InChI is InChI=1S/C23H23N5O3/c1-14-9-5-7-11-18(14)24-22(29)21-15(2)28(27-26-21)13-19-16(3)31-23(25-19)17-10-6-8-12-20(17)30-4/h5-12H,13H2,1-4H3,(H,24,29). The molecule has 0 aliphatic carbocycles. The zero-order valence-corrected chi connectivity index (χ0v) is 17.8. The van der Waals surface area contributed by atoms with Crippen LogP contribution in [0.3, 0.4) is 0 Å². The van der Waals surface area contributed by atoms with Gasteiger partial charge in [-0.3, -0.25) is 4.79 Å². The lowest BCUT2D eigenvalue weighted by Crippen LogP contribution is -2.15. The number of amides is 1. The number of aryl methyl sites for hydroxylation is 2. The minimum absolute atomic E-state index is 0.273. The number of oxazole rings is 1. The Morgan fingerprint density at radius 1 is 1.10 bits per heavy atom. The summed E-state index contributed by atoms with van der Waals surface area (Å²) < 4.78 is 12.9. The fourth-order valence-corrected chi connectivity index (χ4v) is 3.27. The Kier molecular flexibility index (Phi) is 5.53. The molecule has 0 aliphatic heterocycles.